The first kappa shape index (κ1) is 16.8. The van der Waals surface area contributed by atoms with Crippen molar-refractivity contribution in [1.82, 2.24) is 0 Å². The maximum atomic E-state index is 12.5. The maximum absolute atomic E-state index is 12.5. The van der Waals surface area contributed by atoms with Crippen molar-refractivity contribution in [3.8, 4) is 5.75 Å². The van der Waals surface area contributed by atoms with Gasteiger partial charge in [-0.2, -0.15) is 0 Å². The van der Waals surface area contributed by atoms with Crippen LogP contribution >= 0.6 is 22.6 Å². The standard InChI is InChI=1S/C20H18INO2/c1-2-19(20(23)22-17-10-8-16(21)9-11-17)24-18-12-7-14-5-3-4-6-15(14)13-18/h3-13,19H,2H2,1H3,(H,22,23)/t19-/m0/s1. The van der Waals surface area contributed by atoms with Gasteiger partial charge >= 0.3 is 0 Å². The minimum absolute atomic E-state index is 0.133. The highest BCUT2D eigenvalue weighted by Gasteiger charge is 2.18. The largest absolute Gasteiger partial charge is 0.481 e. The molecule has 24 heavy (non-hydrogen) atoms. The van der Waals surface area contributed by atoms with Gasteiger partial charge in [0, 0.05) is 9.26 Å². The van der Waals surface area contributed by atoms with E-state index in [1.165, 1.54) is 0 Å². The average molecular weight is 431 g/mol. The van der Waals surface area contributed by atoms with Gasteiger partial charge in [0.15, 0.2) is 6.10 Å². The van der Waals surface area contributed by atoms with Gasteiger partial charge in [0.05, 0.1) is 0 Å². The molecule has 0 radical (unpaired) electrons. The Balaban J connectivity index is 1.72. The molecule has 0 spiro atoms. The zero-order valence-corrected chi connectivity index (χ0v) is 15.5. The number of amides is 1. The number of rotatable bonds is 5. The van der Waals surface area contributed by atoms with Gasteiger partial charge in [-0.25, -0.2) is 0 Å². The van der Waals surface area contributed by atoms with Gasteiger partial charge < -0.3 is 10.1 Å². The highest BCUT2D eigenvalue weighted by atomic mass is 127. The first-order valence-corrected chi connectivity index (χ1v) is 8.95. The number of fused-ring (bicyclic) bond motifs is 1. The topological polar surface area (TPSA) is 38.3 Å². The summed E-state index contributed by atoms with van der Waals surface area (Å²) in [4.78, 5) is 12.5. The Kier molecular flexibility index (Phi) is 5.35. The van der Waals surface area contributed by atoms with Crippen LogP contribution < -0.4 is 10.1 Å². The lowest BCUT2D eigenvalue weighted by Crippen LogP contribution is -2.32. The van der Waals surface area contributed by atoms with Crippen LogP contribution in [0.5, 0.6) is 5.75 Å². The smallest absolute Gasteiger partial charge is 0.265 e. The molecule has 0 unspecified atom stereocenters. The lowest BCUT2D eigenvalue weighted by Gasteiger charge is -2.17. The molecule has 0 saturated carbocycles. The summed E-state index contributed by atoms with van der Waals surface area (Å²) in [5.74, 6) is 0.574. The SMILES string of the molecule is CC[C@H](Oc1ccc2ccccc2c1)C(=O)Nc1ccc(I)cc1. The Bertz CT molecular complexity index is 846. The molecular formula is C20H18INO2. The van der Waals surface area contributed by atoms with Crippen molar-refractivity contribution >= 4 is 45.0 Å². The molecule has 0 saturated heterocycles. The van der Waals surface area contributed by atoms with Crippen LogP contribution in [0.2, 0.25) is 0 Å². The molecule has 122 valence electrons. The summed E-state index contributed by atoms with van der Waals surface area (Å²) in [6.45, 7) is 1.94. The summed E-state index contributed by atoms with van der Waals surface area (Å²) in [6.07, 6.45) is 0.0775. The molecule has 1 atom stereocenters. The van der Waals surface area contributed by atoms with Crippen molar-refractivity contribution < 1.29 is 9.53 Å². The second kappa shape index (κ2) is 7.66. The van der Waals surface area contributed by atoms with Gasteiger partial charge in [-0.1, -0.05) is 37.3 Å². The summed E-state index contributed by atoms with van der Waals surface area (Å²) < 4.78 is 7.05. The van der Waals surface area contributed by atoms with Crippen LogP contribution in [0.4, 0.5) is 5.69 Å². The van der Waals surface area contributed by atoms with Crippen LogP contribution in [0.25, 0.3) is 10.8 Å². The van der Waals surface area contributed by atoms with E-state index in [1.54, 1.807) is 0 Å². The third-order valence-electron chi connectivity index (χ3n) is 3.77. The van der Waals surface area contributed by atoms with Crippen LogP contribution in [0.15, 0.2) is 66.7 Å². The van der Waals surface area contributed by atoms with Crippen LogP contribution in [0.3, 0.4) is 0 Å². The molecule has 1 N–H and O–H groups in total. The summed E-state index contributed by atoms with van der Waals surface area (Å²) in [5.41, 5.74) is 0.779. The fourth-order valence-electron chi connectivity index (χ4n) is 2.48. The number of halogens is 1. The van der Waals surface area contributed by atoms with Crippen LogP contribution in [0.1, 0.15) is 13.3 Å². The van der Waals surface area contributed by atoms with Crippen molar-refractivity contribution in [3.63, 3.8) is 0 Å². The predicted octanol–water partition coefficient (Wildman–Crippen LogP) is 5.24. The molecule has 3 nitrogen and oxygen atoms in total. The molecule has 4 heteroatoms. The van der Waals surface area contributed by atoms with Gasteiger partial charge in [-0.3, -0.25) is 4.79 Å². The van der Waals surface area contributed by atoms with Gasteiger partial charge in [0.25, 0.3) is 5.91 Å². The average Bonchev–Trinajstić information content (AvgIpc) is 2.61. The number of carbonyl (C=O) groups is 1. The van der Waals surface area contributed by atoms with E-state index in [4.69, 9.17) is 4.74 Å². The lowest BCUT2D eigenvalue weighted by atomic mass is 10.1. The second-order valence-corrected chi connectivity index (χ2v) is 6.77. The number of hydrogen-bond donors (Lipinski definition) is 1. The Morgan fingerprint density at radius 2 is 1.75 bits per heavy atom. The monoisotopic (exact) mass is 431 g/mol. The van der Waals surface area contributed by atoms with Crippen LogP contribution in [0, 0.1) is 3.57 Å². The molecule has 1 amide bonds. The van der Waals surface area contributed by atoms with Crippen molar-refractivity contribution in [2.24, 2.45) is 0 Å². The molecule has 0 aliphatic heterocycles. The summed E-state index contributed by atoms with van der Waals surface area (Å²) >= 11 is 2.24. The minimum Gasteiger partial charge on any atom is -0.481 e. The Hall–Kier alpha value is -2.08. The van der Waals surface area contributed by atoms with Gasteiger partial charge in [-0.05, 0) is 76.2 Å². The maximum Gasteiger partial charge on any atom is 0.265 e. The van der Waals surface area contributed by atoms with E-state index in [2.05, 4.69) is 34.0 Å². The lowest BCUT2D eigenvalue weighted by molar-refractivity contribution is -0.122. The molecule has 3 aromatic rings. The van der Waals surface area contributed by atoms with Crippen molar-refractivity contribution in [2.75, 3.05) is 5.32 Å². The number of benzene rings is 3. The van der Waals surface area contributed by atoms with E-state index in [-0.39, 0.29) is 5.91 Å². The zero-order valence-electron chi connectivity index (χ0n) is 13.3. The van der Waals surface area contributed by atoms with Gasteiger partial charge in [0.1, 0.15) is 5.75 Å². The Morgan fingerprint density at radius 1 is 1.04 bits per heavy atom. The van der Waals surface area contributed by atoms with Gasteiger partial charge in [0.2, 0.25) is 0 Å². The third kappa shape index (κ3) is 4.06. The van der Waals surface area contributed by atoms with E-state index < -0.39 is 6.10 Å². The molecule has 0 fully saturated rings. The van der Waals surface area contributed by atoms with E-state index in [0.29, 0.717) is 12.2 Å². The highest BCUT2D eigenvalue weighted by Crippen LogP contribution is 2.22. The first-order chi connectivity index (χ1) is 11.7. The van der Waals surface area contributed by atoms with Crippen LogP contribution in [-0.4, -0.2) is 12.0 Å². The van der Waals surface area contributed by atoms with Crippen LogP contribution in [-0.2, 0) is 4.79 Å². The fourth-order valence-corrected chi connectivity index (χ4v) is 2.84. The van der Waals surface area contributed by atoms with Crippen molar-refractivity contribution in [2.45, 2.75) is 19.4 Å². The Morgan fingerprint density at radius 3 is 2.46 bits per heavy atom. The number of ether oxygens (including phenoxy) is 1. The first-order valence-electron chi connectivity index (χ1n) is 7.87. The number of anilines is 1. The number of nitrogens with one attached hydrogen (secondary N) is 1. The minimum atomic E-state index is -0.523. The summed E-state index contributed by atoms with van der Waals surface area (Å²) in [6, 6.07) is 21.7. The van der Waals surface area contributed by atoms with E-state index in [9.17, 15) is 4.79 Å². The van der Waals surface area contributed by atoms with E-state index >= 15 is 0 Å². The molecule has 0 aliphatic carbocycles. The van der Waals surface area contributed by atoms with E-state index in [0.717, 1.165) is 20.0 Å². The number of carbonyl (C=O) groups excluding carboxylic acids is 1. The molecular weight excluding hydrogens is 413 g/mol. The summed E-state index contributed by atoms with van der Waals surface area (Å²) in [7, 11) is 0. The fraction of sp³-hybridized carbons (Fsp3) is 0.150. The quantitative estimate of drug-likeness (QED) is 0.562. The normalized spacial score (nSPS) is 11.9. The van der Waals surface area contributed by atoms with Crippen molar-refractivity contribution in [3.05, 3.63) is 70.3 Å². The third-order valence-corrected chi connectivity index (χ3v) is 4.49. The zero-order chi connectivity index (χ0) is 16.9. The predicted molar refractivity (Wildman–Crippen MR) is 106 cm³/mol. The Labute approximate surface area is 155 Å². The summed E-state index contributed by atoms with van der Waals surface area (Å²) in [5, 5.41) is 5.16. The molecule has 0 heterocycles. The molecule has 0 bridgehead atoms. The highest BCUT2D eigenvalue weighted by molar-refractivity contribution is 14.1. The van der Waals surface area contributed by atoms with E-state index in [1.807, 2.05) is 67.6 Å². The number of hydrogen-bond acceptors (Lipinski definition) is 2. The molecule has 3 aromatic carbocycles. The second-order valence-electron chi connectivity index (χ2n) is 5.52. The molecule has 0 aliphatic rings. The molecule has 0 aromatic heterocycles. The van der Waals surface area contributed by atoms with Crippen molar-refractivity contribution in [1.29, 1.82) is 0 Å². The van der Waals surface area contributed by atoms with Gasteiger partial charge in [-0.15, -0.1) is 0 Å². The molecule has 3 rings (SSSR count).